The summed E-state index contributed by atoms with van der Waals surface area (Å²) in [5.41, 5.74) is 1.21. The average Bonchev–Trinajstić information content (AvgIpc) is 3.17. The molecule has 13 nitrogen and oxygen atoms in total. The molecular formula is C38H48FN7O6S. The third-order valence-electron chi connectivity index (χ3n) is 10.7. The van der Waals surface area contributed by atoms with E-state index in [1.165, 1.54) is 6.07 Å². The molecule has 1 aromatic heterocycles. The molecule has 0 saturated carbocycles. The Morgan fingerprint density at radius 3 is 2.38 bits per heavy atom. The average molecular weight is 750 g/mol. The number of carbonyl (C=O) groups excluding carboxylic acids is 3. The Morgan fingerprint density at radius 1 is 0.943 bits per heavy atom. The van der Waals surface area contributed by atoms with Gasteiger partial charge in [-0.2, -0.15) is 11.8 Å². The molecule has 1 atom stereocenters. The van der Waals surface area contributed by atoms with Crippen molar-refractivity contribution in [3.05, 3.63) is 64.0 Å². The van der Waals surface area contributed by atoms with E-state index in [9.17, 15) is 23.6 Å². The van der Waals surface area contributed by atoms with E-state index in [1.54, 1.807) is 42.1 Å². The maximum atomic E-state index is 15.0. The summed E-state index contributed by atoms with van der Waals surface area (Å²) in [7, 11) is 0. The fraction of sp³-hybridized carbons (Fsp3) is 0.553. The zero-order valence-corrected chi connectivity index (χ0v) is 30.8. The number of nitrogens with zero attached hydrogens (tertiary/aromatic N) is 4. The fourth-order valence-electron chi connectivity index (χ4n) is 7.41. The standard InChI is InChI=1S/C38H48FN7O6S/c39-30-21-28(22-32-35(30)37(49)42-33(41-32)24-53-29-9-19-51-20-10-29)52-23-25-7-11-44(12-8-25)13-14-45-15-17-46(18-16-45)38(50)26-1-3-27(4-2-26)40-31-5-6-34(47)43-36(31)48/h1-4,21-22,25,29,31,40H,5-20,23-24H2,(H,41,42,49)(H,43,47,48). The van der Waals surface area contributed by atoms with E-state index >= 15 is 0 Å². The molecule has 4 saturated heterocycles. The molecule has 4 aliphatic rings. The van der Waals surface area contributed by atoms with Gasteiger partial charge in [-0.25, -0.2) is 9.37 Å². The molecule has 2 aromatic carbocycles. The number of piperidine rings is 2. The van der Waals surface area contributed by atoms with E-state index in [2.05, 4.69) is 30.4 Å². The van der Waals surface area contributed by atoms with Crippen molar-refractivity contribution in [2.45, 2.75) is 55.6 Å². The molecule has 3 amide bonds. The number of anilines is 1. The minimum absolute atomic E-state index is 0.00260. The second-order valence-corrected chi connectivity index (χ2v) is 15.7. The van der Waals surface area contributed by atoms with Gasteiger partial charge in [0.25, 0.3) is 11.5 Å². The summed E-state index contributed by atoms with van der Waals surface area (Å²) >= 11 is 1.75. The molecule has 0 aliphatic carbocycles. The van der Waals surface area contributed by atoms with Crippen LogP contribution in [0.25, 0.3) is 10.9 Å². The van der Waals surface area contributed by atoms with Gasteiger partial charge in [0.1, 0.15) is 28.8 Å². The van der Waals surface area contributed by atoms with Crippen LogP contribution in [0, 0.1) is 11.7 Å². The van der Waals surface area contributed by atoms with Gasteiger partial charge in [-0.15, -0.1) is 0 Å². The lowest BCUT2D eigenvalue weighted by Gasteiger charge is -2.37. The van der Waals surface area contributed by atoms with Crippen LogP contribution < -0.4 is 20.9 Å². The molecule has 3 N–H and O–H groups in total. The number of H-pyrrole nitrogens is 1. The molecule has 284 valence electrons. The molecule has 0 spiro atoms. The summed E-state index contributed by atoms with van der Waals surface area (Å²) in [4.78, 5) is 63.4. The van der Waals surface area contributed by atoms with Gasteiger partial charge in [0, 0.05) is 87.5 Å². The molecule has 7 rings (SSSR count). The number of piperazine rings is 1. The number of aromatic amines is 1. The highest BCUT2D eigenvalue weighted by molar-refractivity contribution is 7.99. The van der Waals surface area contributed by atoms with Crippen molar-refractivity contribution in [1.29, 1.82) is 0 Å². The van der Waals surface area contributed by atoms with Gasteiger partial charge < -0.3 is 29.6 Å². The monoisotopic (exact) mass is 749 g/mol. The van der Waals surface area contributed by atoms with Gasteiger partial charge >= 0.3 is 0 Å². The van der Waals surface area contributed by atoms with Crippen LogP contribution in [0.4, 0.5) is 10.1 Å². The third kappa shape index (κ3) is 9.74. The van der Waals surface area contributed by atoms with Crippen molar-refractivity contribution in [3.8, 4) is 5.75 Å². The number of ether oxygens (including phenoxy) is 2. The number of benzene rings is 2. The topological polar surface area (TPSA) is 149 Å². The summed E-state index contributed by atoms with van der Waals surface area (Å²) in [6.07, 6.45) is 4.69. The molecule has 5 heterocycles. The van der Waals surface area contributed by atoms with E-state index in [0.717, 1.165) is 83.9 Å². The van der Waals surface area contributed by atoms with Crippen LogP contribution >= 0.6 is 11.8 Å². The number of carbonyl (C=O) groups is 3. The van der Waals surface area contributed by atoms with E-state index < -0.39 is 17.4 Å². The van der Waals surface area contributed by atoms with Crippen LogP contribution in [0.3, 0.4) is 0 Å². The van der Waals surface area contributed by atoms with Crippen LogP contribution in [0.5, 0.6) is 5.75 Å². The van der Waals surface area contributed by atoms with E-state index in [0.29, 0.717) is 72.1 Å². The highest BCUT2D eigenvalue weighted by atomic mass is 32.2. The lowest BCUT2D eigenvalue weighted by atomic mass is 9.98. The smallest absolute Gasteiger partial charge is 0.261 e. The summed E-state index contributed by atoms with van der Waals surface area (Å²) in [6.45, 7) is 8.84. The van der Waals surface area contributed by atoms with Gasteiger partial charge in [-0.3, -0.25) is 29.4 Å². The highest BCUT2D eigenvalue weighted by Crippen LogP contribution is 2.27. The highest BCUT2D eigenvalue weighted by Gasteiger charge is 2.27. The summed E-state index contributed by atoms with van der Waals surface area (Å²) in [6, 6.07) is 9.67. The first kappa shape index (κ1) is 37.3. The number of hydrogen-bond donors (Lipinski definition) is 3. The van der Waals surface area contributed by atoms with E-state index in [4.69, 9.17) is 9.47 Å². The van der Waals surface area contributed by atoms with Crippen LogP contribution in [0.15, 0.2) is 41.2 Å². The van der Waals surface area contributed by atoms with Crippen molar-refractivity contribution in [2.75, 3.05) is 77.5 Å². The normalized spacial score (nSPS) is 21.2. The maximum absolute atomic E-state index is 15.0. The van der Waals surface area contributed by atoms with Crippen molar-refractivity contribution in [3.63, 3.8) is 0 Å². The van der Waals surface area contributed by atoms with Crippen molar-refractivity contribution < 1.29 is 28.2 Å². The predicted octanol–water partition coefficient (Wildman–Crippen LogP) is 3.24. The first-order valence-electron chi connectivity index (χ1n) is 18.8. The fourth-order valence-corrected chi connectivity index (χ4v) is 8.47. The number of fused-ring (bicyclic) bond motifs is 1. The van der Waals surface area contributed by atoms with Gasteiger partial charge in [0.15, 0.2) is 0 Å². The molecule has 0 bridgehead atoms. The Morgan fingerprint density at radius 2 is 1.66 bits per heavy atom. The number of amides is 3. The van der Waals surface area contributed by atoms with Gasteiger partial charge in [-0.05, 0) is 75.4 Å². The number of aromatic nitrogens is 2. The number of likely N-dealkylation sites (tertiary alicyclic amines) is 1. The van der Waals surface area contributed by atoms with E-state index in [1.807, 2.05) is 4.90 Å². The molecular weight excluding hydrogens is 702 g/mol. The largest absolute Gasteiger partial charge is 0.493 e. The molecule has 3 aromatic rings. The number of halogens is 1. The van der Waals surface area contributed by atoms with Gasteiger partial charge in [0.2, 0.25) is 11.8 Å². The molecule has 53 heavy (non-hydrogen) atoms. The van der Waals surface area contributed by atoms with Crippen LogP contribution in [-0.4, -0.2) is 126 Å². The van der Waals surface area contributed by atoms with Gasteiger partial charge in [-0.1, -0.05) is 0 Å². The zero-order chi connectivity index (χ0) is 36.7. The number of thioether (sulfide) groups is 1. The quantitative estimate of drug-likeness (QED) is 0.235. The van der Waals surface area contributed by atoms with Crippen LogP contribution in [0.1, 0.15) is 54.7 Å². The molecule has 4 fully saturated rings. The van der Waals surface area contributed by atoms with Crippen LogP contribution in [0.2, 0.25) is 0 Å². The predicted molar refractivity (Wildman–Crippen MR) is 201 cm³/mol. The Bertz CT molecular complexity index is 1820. The number of nitrogens with one attached hydrogen (secondary N) is 3. The van der Waals surface area contributed by atoms with Crippen LogP contribution in [-0.2, 0) is 20.1 Å². The summed E-state index contributed by atoms with van der Waals surface area (Å²) in [5.74, 6) is 0.670. The number of imide groups is 1. The van der Waals surface area contributed by atoms with Crippen molar-refractivity contribution in [2.24, 2.45) is 5.92 Å². The first-order chi connectivity index (χ1) is 25.8. The Labute approximate surface area is 312 Å². The Hall–Kier alpha value is -4.05. The molecule has 15 heteroatoms. The Kier molecular flexibility index (Phi) is 12.2. The van der Waals surface area contributed by atoms with Crippen molar-refractivity contribution >= 4 is 46.1 Å². The van der Waals surface area contributed by atoms with E-state index in [-0.39, 0.29) is 23.1 Å². The third-order valence-corrected chi connectivity index (χ3v) is 12.1. The number of hydrogen-bond acceptors (Lipinski definition) is 11. The first-order valence-corrected chi connectivity index (χ1v) is 19.8. The summed E-state index contributed by atoms with van der Waals surface area (Å²) in [5, 5.41) is 5.92. The van der Waals surface area contributed by atoms with Crippen molar-refractivity contribution in [1.82, 2.24) is 30.0 Å². The van der Waals surface area contributed by atoms with Gasteiger partial charge in [0.05, 0.1) is 17.9 Å². The minimum Gasteiger partial charge on any atom is -0.493 e. The minimum atomic E-state index is -0.620. The lowest BCUT2D eigenvalue weighted by molar-refractivity contribution is -0.133. The number of rotatable bonds is 12. The molecule has 1 unspecified atom stereocenters. The zero-order valence-electron chi connectivity index (χ0n) is 29.9. The molecule has 4 aliphatic heterocycles. The molecule has 0 radical (unpaired) electrons. The Balaban J connectivity index is 0.807. The second-order valence-electron chi connectivity index (χ2n) is 14.4. The lowest BCUT2D eigenvalue weighted by Crippen LogP contribution is -2.50. The SMILES string of the molecule is O=C1CCC(Nc2ccc(C(=O)N3CCN(CCN4CCC(COc5cc(F)c6c(=O)[nH]c(CSC7CCOCC7)nc6c5)CC4)CC3)cc2)C(=O)N1. The summed E-state index contributed by atoms with van der Waals surface area (Å²) < 4.78 is 26.5. The maximum Gasteiger partial charge on any atom is 0.261 e. The second kappa shape index (κ2) is 17.4.